The lowest BCUT2D eigenvalue weighted by Crippen LogP contribution is -2.23. The minimum atomic E-state index is -0.400. The summed E-state index contributed by atoms with van der Waals surface area (Å²) in [6.45, 7) is 2.19. The number of nitrogens with zero attached hydrogens (tertiary/aromatic N) is 2. The summed E-state index contributed by atoms with van der Waals surface area (Å²) in [6, 6.07) is 48.7. The van der Waals surface area contributed by atoms with Crippen molar-refractivity contribution in [3.63, 3.8) is 0 Å². The van der Waals surface area contributed by atoms with Crippen molar-refractivity contribution in [1.29, 1.82) is 0 Å². The van der Waals surface area contributed by atoms with Gasteiger partial charge in [0.2, 0.25) is 0 Å². The molecule has 0 saturated carbocycles. The van der Waals surface area contributed by atoms with Gasteiger partial charge in [0.25, 0.3) is 0 Å². The van der Waals surface area contributed by atoms with E-state index in [2.05, 4.69) is 16.0 Å². The fraction of sp³-hybridized carbons (Fsp3) is 0.164. The average molecular weight is 848 g/mol. The quantitative estimate of drug-likeness (QED) is 0.0836. The Labute approximate surface area is 372 Å². The SMILES string of the molecule is CCC(C(=O)Cc1ccc2cnccc2c1)c1ccc(OCC(=O)c2ccccc2)cc1.NCC(C(=O)Cc1ccc2cnccc2c1)c1ccc(OCC(=O)c2ccccc2)cc1. The highest BCUT2D eigenvalue weighted by atomic mass is 16.5. The molecule has 2 unspecified atom stereocenters. The van der Waals surface area contributed by atoms with Crippen LogP contribution in [0.5, 0.6) is 11.5 Å². The molecule has 6 aromatic carbocycles. The van der Waals surface area contributed by atoms with Gasteiger partial charge in [0.05, 0.1) is 5.92 Å². The Kier molecular flexibility index (Phi) is 15.2. The summed E-state index contributed by atoms with van der Waals surface area (Å²) >= 11 is 0. The number of rotatable bonds is 18. The van der Waals surface area contributed by atoms with Crippen LogP contribution in [-0.4, -0.2) is 52.9 Å². The lowest BCUT2D eigenvalue weighted by molar-refractivity contribution is -0.120. The molecule has 8 rings (SSSR count). The van der Waals surface area contributed by atoms with Gasteiger partial charge in [-0.3, -0.25) is 29.1 Å². The first-order valence-electron chi connectivity index (χ1n) is 21.3. The van der Waals surface area contributed by atoms with Crippen molar-refractivity contribution < 1.29 is 28.7 Å². The van der Waals surface area contributed by atoms with Crippen LogP contribution < -0.4 is 15.2 Å². The van der Waals surface area contributed by atoms with Gasteiger partial charge in [0, 0.05) is 72.0 Å². The number of pyridine rings is 2. The highest BCUT2D eigenvalue weighted by Gasteiger charge is 2.21. The van der Waals surface area contributed by atoms with E-state index in [-0.39, 0.29) is 48.8 Å². The number of aromatic nitrogens is 2. The first-order valence-corrected chi connectivity index (χ1v) is 21.3. The van der Waals surface area contributed by atoms with Gasteiger partial charge in [-0.05, 0) is 75.8 Å². The first kappa shape index (κ1) is 44.4. The van der Waals surface area contributed by atoms with Gasteiger partial charge < -0.3 is 15.2 Å². The van der Waals surface area contributed by atoms with Crippen LogP contribution in [-0.2, 0) is 22.4 Å². The minimum absolute atomic E-state index is 0.0169. The van der Waals surface area contributed by atoms with Crippen molar-refractivity contribution in [3.8, 4) is 11.5 Å². The summed E-state index contributed by atoms with van der Waals surface area (Å²) in [5.41, 5.74) is 10.9. The van der Waals surface area contributed by atoms with Crippen LogP contribution in [0.1, 0.15) is 68.2 Å². The van der Waals surface area contributed by atoms with Crippen LogP contribution in [0.3, 0.4) is 0 Å². The van der Waals surface area contributed by atoms with Gasteiger partial charge >= 0.3 is 0 Å². The minimum Gasteiger partial charge on any atom is -0.485 e. The third-order valence-corrected chi connectivity index (χ3v) is 11.1. The van der Waals surface area contributed by atoms with Crippen LogP contribution in [0.15, 0.2) is 183 Å². The fourth-order valence-electron chi connectivity index (χ4n) is 7.54. The predicted molar refractivity (Wildman–Crippen MR) is 251 cm³/mol. The maximum absolute atomic E-state index is 13.0. The molecule has 64 heavy (non-hydrogen) atoms. The van der Waals surface area contributed by atoms with Crippen LogP contribution in [0.4, 0.5) is 0 Å². The van der Waals surface area contributed by atoms with Gasteiger partial charge in [-0.2, -0.15) is 0 Å². The second kappa shape index (κ2) is 21.9. The number of nitrogens with two attached hydrogens (primary N) is 1. The Balaban J connectivity index is 0.000000191. The zero-order valence-corrected chi connectivity index (χ0v) is 35.6. The zero-order valence-electron chi connectivity index (χ0n) is 35.6. The van der Waals surface area contributed by atoms with E-state index in [1.807, 2.05) is 128 Å². The number of hydrogen-bond donors (Lipinski definition) is 1. The smallest absolute Gasteiger partial charge is 0.200 e. The van der Waals surface area contributed by atoms with Gasteiger partial charge in [-0.15, -0.1) is 0 Å². The van der Waals surface area contributed by atoms with Gasteiger partial charge in [-0.1, -0.05) is 128 Å². The molecule has 0 bridgehead atoms. The number of benzene rings is 6. The number of ketones is 4. The van der Waals surface area contributed by atoms with E-state index >= 15 is 0 Å². The van der Waals surface area contributed by atoms with E-state index in [1.165, 1.54) is 0 Å². The molecule has 0 aliphatic heterocycles. The molecule has 0 aliphatic carbocycles. The number of carbonyl (C=O) groups excluding carboxylic acids is 4. The van der Waals surface area contributed by atoms with E-state index in [1.54, 1.807) is 55.0 Å². The molecule has 9 nitrogen and oxygen atoms in total. The second-order valence-corrected chi connectivity index (χ2v) is 15.4. The van der Waals surface area contributed by atoms with Crippen molar-refractivity contribution >= 4 is 44.7 Å². The third kappa shape index (κ3) is 11.8. The molecule has 2 aromatic heterocycles. The van der Waals surface area contributed by atoms with E-state index in [4.69, 9.17) is 15.2 Å². The highest BCUT2D eigenvalue weighted by molar-refractivity contribution is 5.98. The Morgan fingerprint density at radius 1 is 0.500 bits per heavy atom. The summed E-state index contributed by atoms with van der Waals surface area (Å²) in [5.74, 6) is 0.708. The van der Waals surface area contributed by atoms with E-state index in [0.717, 1.165) is 50.2 Å². The standard InChI is InChI=1S/C28H25NO3.C27H24N2O3/c1-2-26(27(30)17-20-8-9-24-18-29-15-14-23(24)16-20)21-10-12-25(13-11-21)32-19-28(31)22-6-4-3-5-7-22;28-16-25(26(30)15-19-6-7-23-17-29-13-12-22(23)14-19)20-8-10-24(11-9-20)32-18-27(31)21-4-2-1-3-5-21/h3-16,18,26H,2,17,19H2,1H3;1-14,17,25H,15-16,18,28H2. The van der Waals surface area contributed by atoms with E-state index in [0.29, 0.717) is 35.5 Å². The Morgan fingerprint density at radius 3 is 1.34 bits per heavy atom. The lowest BCUT2D eigenvalue weighted by atomic mass is 9.88. The molecule has 2 heterocycles. The van der Waals surface area contributed by atoms with Crippen molar-refractivity contribution in [3.05, 3.63) is 216 Å². The summed E-state index contributed by atoms with van der Waals surface area (Å²) in [6.07, 6.45) is 8.56. The van der Waals surface area contributed by atoms with Crippen LogP contribution >= 0.6 is 0 Å². The monoisotopic (exact) mass is 847 g/mol. The number of Topliss-reactive ketones (excluding diaryl/α,β-unsaturated/α-hetero) is 4. The largest absolute Gasteiger partial charge is 0.485 e. The molecular weight excluding hydrogens is 799 g/mol. The van der Waals surface area contributed by atoms with Crippen molar-refractivity contribution in [2.45, 2.75) is 38.0 Å². The second-order valence-electron chi connectivity index (χ2n) is 15.4. The number of carbonyl (C=O) groups is 4. The van der Waals surface area contributed by atoms with Crippen molar-refractivity contribution in [1.82, 2.24) is 9.97 Å². The Bertz CT molecular complexity index is 2630. The molecule has 9 heteroatoms. The number of hydrogen-bond acceptors (Lipinski definition) is 9. The van der Waals surface area contributed by atoms with Crippen molar-refractivity contribution in [2.24, 2.45) is 5.73 Å². The fourth-order valence-corrected chi connectivity index (χ4v) is 7.54. The summed E-state index contributed by atoms with van der Waals surface area (Å²) in [4.78, 5) is 58.7. The number of ether oxygens (including phenoxy) is 2. The molecule has 0 saturated heterocycles. The normalized spacial score (nSPS) is 11.8. The predicted octanol–water partition coefficient (Wildman–Crippen LogP) is 10.2. The van der Waals surface area contributed by atoms with Crippen molar-refractivity contribution in [2.75, 3.05) is 19.8 Å². The van der Waals surface area contributed by atoms with Crippen LogP contribution in [0, 0.1) is 0 Å². The average Bonchev–Trinajstić information content (AvgIpc) is 3.34. The molecular formula is C55H49N3O6. The maximum atomic E-state index is 13.0. The molecule has 320 valence electrons. The molecule has 0 fully saturated rings. The number of fused-ring (bicyclic) bond motifs is 2. The zero-order chi connectivity index (χ0) is 44.7. The Hall–Kier alpha value is -7.62. The van der Waals surface area contributed by atoms with E-state index in [9.17, 15) is 19.2 Å². The van der Waals surface area contributed by atoms with E-state index < -0.39 is 5.92 Å². The molecule has 0 radical (unpaired) electrons. The molecule has 2 N–H and O–H groups in total. The van der Waals surface area contributed by atoms with Gasteiger partial charge in [0.1, 0.15) is 23.1 Å². The summed E-state index contributed by atoms with van der Waals surface area (Å²) < 4.78 is 11.3. The molecule has 0 aliphatic rings. The van der Waals surface area contributed by atoms with Crippen LogP contribution in [0.25, 0.3) is 21.5 Å². The molecule has 0 spiro atoms. The third-order valence-electron chi connectivity index (χ3n) is 11.1. The lowest BCUT2D eigenvalue weighted by Gasteiger charge is -2.15. The Morgan fingerprint density at radius 2 is 0.922 bits per heavy atom. The molecule has 8 aromatic rings. The van der Waals surface area contributed by atoms with Gasteiger partial charge in [0.15, 0.2) is 24.8 Å². The molecule has 0 amide bonds. The maximum Gasteiger partial charge on any atom is 0.200 e. The highest BCUT2D eigenvalue weighted by Crippen LogP contribution is 2.27. The first-order chi connectivity index (χ1) is 31.3. The summed E-state index contributed by atoms with van der Waals surface area (Å²) in [7, 11) is 0. The topological polar surface area (TPSA) is 139 Å². The van der Waals surface area contributed by atoms with Crippen LogP contribution in [0.2, 0.25) is 0 Å². The summed E-state index contributed by atoms with van der Waals surface area (Å²) in [5, 5.41) is 4.25. The van der Waals surface area contributed by atoms with Gasteiger partial charge in [-0.25, -0.2) is 0 Å². The molecule has 2 atom stereocenters.